The fraction of sp³-hybridized carbons (Fsp3) is 0.609. The van der Waals surface area contributed by atoms with Gasteiger partial charge in [-0.2, -0.15) is 0 Å². The molecule has 1 aliphatic heterocycles. The van der Waals surface area contributed by atoms with E-state index in [1.54, 1.807) is 0 Å². The quantitative estimate of drug-likeness (QED) is 0.788. The van der Waals surface area contributed by atoms with Crippen molar-refractivity contribution in [3.63, 3.8) is 0 Å². The van der Waals surface area contributed by atoms with Crippen LogP contribution in [0.25, 0.3) is 6.08 Å². The van der Waals surface area contributed by atoms with Gasteiger partial charge in [-0.15, -0.1) is 0 Å². The first kappa shape index (κ1) is 19.9. The highest BCUT2D eigenvalue weighted by Crippen LogP contribution is 2.41. The normalized spacial score (nSPS) is 24.3. The Bertz CT molecular complexity index is 684. The second kappa shape index (κ2) is 7.67. The molecular weight excluding hydrogens is 336 g/mol. The number of rotatable bonds is 6. The first-order valence-electron chi connectivity index (χ1n) is 10.2. The van der Waals surface area contributed by atoms with Crippen LogP contribution in [-0.4, -0.2) is 42.3 Å². The largest absolute Gasteiger partial charge is 0.444 e. The molecule has 1 saturated carbocycles. The molecule has 3 rings (SSSR count). The van der Waals surface area contributed by atoms with Crippen LogP contribution >= 0.6 is 0 Å². The van der Waals surface area contributed by atoms with Crippen LogP contribution < -0.4 is 5.32 Å². The van der Waals surface area contributed by atoms with E-state index >= 15 is 0 Å². The molecular formula is C23H34N2O2. The molecule has 2 aliphatic rings. The number of carbonyl (C=O) groups excluding carboxylic acids is 1. The highest BCUT2D eigenvalue weighted by Gasteiger charge is 2.45. The van der Waals surface area contributed by atoms with Gasteiger partial charge < -0.3 is 15.0 Å². The van der Waals surface area contributed by atoms with E-state index in [1.165, 1.54) is 17.6 Å². The summed E-state index contributed by atoms with van der Waals surface area (Å²) in [6.45, 7) is 12.7. The minimum Gasteiger partial charge on any atom is -0.444 e. The van der Waals surface area contributed by atoms with Gasteiger partial charge in [-0.25, -0.2) is 4.79 Å². The van der Waals surface area contributed by atoms with Crippen LogP contribution in [0.4, 0.5) is 4.79 Å². The van der Waals surface area contributed by atoms with Crippen molar-refractivity contribution >= 4 is 12.2 Å². The Labute approximate surface area is 164 Å². The Hall–Kier alpha value is -1.81. The average Bonchev–Trinajstić information content (AvgIpc) is 3.34. The zero-order chi connectivity index (χ0) is 19.7. The van der Waals surface area contributed by atoms with Crippen LogP contribution in [0.2, 0.25) is 0 Å². The van der Waals surface area contributed by atoms with Crippen LogP contribution in [0.3, 0.4) is 0 Å². The number of ether oxygens (including phenoxy) is 1. The number of nitrogens with one attached hydrogen (secondary N) is 1. The van der Waals surface area contributed by atoms with Crippen LogP contribution in [0, 0.1) is 11.3 Å². The van der Waals surface area contributed by atoms with Crippen molar-refractivity contribution in [1.29, 1.82) is 0 Å². The van der Waals surface area contributed by atoms with Gasteiger partial charge in [0.25, 0.3) is 0 Å². The lowest BCUT2D eigenvalue weighted by Gasteiger charge is -2.48. The Morgan fingerprint density at radius 3 is 2.56 bits per heavy atom. The van der Waals surface area contributed by atoms with Gasteiger partial charge in [0.15, 0.2) is 0 Å². The molecule has 148 valence electrons. The molecule has 1 aromatic rings. The summed E-state index contributed by atoms with van der Waals surface area (Å²) in [6, 6.07) is 11.2. The first-order valence-corrected chi connectivity index (χ1v) is 10.2. The van der Waals surface area contributed by atoms with Gasteiger partial charge in [0.2, 0.25) is 0 Å². The summed E-state index contributed by atoms with van der Waals surface area (Å²) < 4.78 is 5.45. The van der Waals surface area contributed by atoms with Gasteiger partial charge >= 0.3 is 6.09 Å². The standard InChI is InChI=1S/C23H34N2O2/c1-6-18(12-17-10-8-7-9-11-17)19-13-20(19)24-14-23(5)15-25(16-23)21(26)27-22(2,3)4/h7-12,19-20,24H,6,13-16H2,1-5H3/t19?,20-/m0/s1. The summed E-state index contributed by atoms with van der Waals surface area (Å²) in [5, 5.41) is 3.74. The maximum absolute atomic E-state index is 12.1. The molecule has 1 heterocycles. The molecule has 1 aliphatic carbocycles. The highest BCUT2D eigenvalue weighted by molar-refractivity contribution is 5.69. The summed E-state index contributed by atoms with van der Waals surface area (Å²) >= 11 is 0. The number of likely N-dealkylation sites (tertiary alicyclic amines) is 1. The lowest BCUT2D eigenvalue weighted by Crippen LogP contribution is -2.61. The van der Waals surface area contributed by atoms with Gasteiger partial charge in [-0.3, -0.25) is 0 Å². The summed E-state index contributed by atoms with van der Waals surface area (Å²) in [7, 11) is 0. The maximum Gasteiger partial charge on any atom is 0.410 e. The lowest BCUT2D eigenvalue weighted by molar-refractivity contribution is -0.0273. The smallest absolute Gasteiger partial charge is 0.410 e. The number of nitrogens with zero attached hydrogens (tertiary/aromatic N) is 1. The van der Waals surface area contributed by atoms with Gasteiger partial charge in [-0.05, 0) is 45.1 Å². The van der Waals surface area contributed by atoms with E-state index in [1.807, 2.05) is 25.7 Å². The second-order valence-corrected chi connectivity index (χ2v) is 9.46. The monoisotopic (exact) mass is 370 g/mol. The average molecular weight is 371 g/mol. The van der Waals surface area contributed by atoms with Gasteiger partial charge in [0, 0.05) is 31.1 Å². The third-order valence-electron chi connectivity index (χ3n) is 5.41. The van der Waals surface area contributed by atoms with Gasteiger partial charge in [-0.1, -0.05) is 55.8 Å². The molecule has 0 aromatic heterocycles. The number of benzene rings is 1. The predicted octanol–water partition coefficient (Wildman–Crippen LogP) is 4.72. The highest BCUT2D eigenvalue weighted by atomic mass is 16.6. The molecule has 2 atom stereocenters. The molecule has 1 amide bonds. The van der Waals surface area contributed by atoms with Crippen molar-refractivity contribution in [2.45, 2.75) is 59.1 Å². The van der Waals surface area contributed by atoms with Crippen molar-refractivity contribution in [2.75, 3.05) is 19.6 Å². The third kappa shape index (κ3) is 5.35. The fourth-order valence-electron chi connectivity index (χ4n) is 3.89. The maximum atomic E-state index is 12.1. The molecule has 4 nitrogen and oxygen atoms in total. The Balaban J connectivity index is 1.44. The molecule has 1 unspecified atom stereocenters. The van der Waals surface area contributed by atoms with E-state index in [-0.39, 0.29) is 11.5 Å². The molecule has 0 spiro atoms. The molecule has 1 aromatic carbocycles. The molecule has 0 radical (unpaired) electrons. The number of amides is 1. The summed E-state index contributed by atoms with van der Waals surface area (Å²) in [5.74, 6) is 0.654. The van der Waals surface area contributed by atoms with E-state index in [2.05, 4.69) is 55.6 Å². The van der Waals surface area contributed by atoms with Crippen LogP contribution in [0.5, 0.6) is 0 Å². The lowest BCUT2D eigenvalue weighted by atomic mass is 9.82. The van der Waals surface area contributed by atoms with Crippen LogP contribution in [0.1, 0.15) is 53.0 Å². The topological polar surface area (TPSA) is 41.6 Å². The third-order valence-corrected chi connectivity index (χ3v) is 5.41. The van der Waals surface area contributed by atoms with Crippen molar-refractivity contribution in [2.24, 2.45) is 11.3 Å². The SMILES string of the molecule is CCC(=Cc1ccccc1)C1C[C@@H]1NCC1(C)CN(C(=O)OC(C)(C)C)C1. The number of hydrogen-bond acceptors (Lipinski definition) is 3. The minimum atomic E-state index is -0.426. The Kier molecular flexibility index (Phi) is 5.66. The zero-order valence-electron chi connectivity index (χ0n) is 17.4. The van der Waals surface area contributed by atoms with E-state index in [4.69, 9.17) is 4.74 Å². The number of hydrogen-bond donors (Lipinski definition) is 1. The molecule has 4 heteroatoms. The van der Waals surface area contributed by atoms with E-state index < -0.39 is 5.60 Å². The molecule has 1 saturated heterocycles. The molecule has 27 heavy (non-hydrogen) atoms. The van der Waals surface area contributed by atoms with Crippen molar-refractivity contribution in [3.8, 4) is 0 Å². The molecule has 2 fully saturated rings. The Morgan fingerprint density at radius 2 is 1.96 bits per heavy atom. The van der Waals surface area contributed by atoms with E-state index in [9.17, 15) is 4.79 Å². The van der Waals surface area contributed by atoms with Gasteiger partial charge in [0.05, 0.1) is 0 Å². The molecule has 1 N–H and O–H groups in total. The van der Waals surface area contributed by atoms with Crippen molar-refractivity contribution < 1.29 is 9.53 Å². The molecule has 0 bridgehead atoms. The first-order chi connectivity index (χ1) is 12.7. The van der Waals surface area contributed by atoms with Crippen molar-refractivity contribution in [1.82, 2.24) is 10.2 Å². The minimum absolute atomic E-state index is 0.152. The van der Waals surface area contributed by atoms with Crippen molar-refractivity contribution in [3.05, 3.63) is 41.5 Å². The summed E-state index contributed by atoms with van der Waals surface area (Å²) in [6.07, 6.45) is 4.48. The Morgan fingerprint density at radius 1 is 1.30 bits per heavy atom. The van der Waals surface area contributed by atoms with E-state index in [0.717, 1.165) is 26.1 Å². The van der Waals surface area contributed by atoms with Crippen LogP contribution in [-0.2, 0) is 4.74 Å². The zero-order valence-corrected chi connectivity index (χ0v) is 17.4. The number of carbonyl (C=O) groups is 1. The summed E-state index contributed by atoms with van der Waals surface area (Å²) in [5.41, 5.74) is 2.55. The van der Waals surface area contributed by atoms with Crippen LogP contribution in [0.15, 0.2) is 35.9 Å². The fourth-order valence-corrected chi connectivity index (χ4v) is 3.89. The van der Waals surface area contributed by atoms with E-state index in [0.29, 0.717) is 12.0 Å². The predicted molar refractivity (Wildman–Crippen MR) is 111 cm³/mol. The van der Waals surface area contributed by atoms with Gasteiger partial charge in [0.1, 0.15) is 5.60 Å². The summed E-state index contributed by atoms with van der Waals surface area (Å²) in [4.78, 5) is 13.9. The second-order valence-electron chi connectivity index (χ2n) is 9.46.